The van der Waals surface area contributed by atoms with Gasteiger partial charge >= 0.3 is 0 Å². The minimum Gasteiger partial charge on any atom is -0.348 e. The molecule has 2 N–H and O–H groups in total. The second kappa shape index (κ2) is 6.23. The fourth-order valence-corrected chi connectivity index (χ4v) is 3.46. The molecule has 19 heavy (non-hydrogen) atoms. The molecule has 0 saturated heterocycles. The molecule has 1 atom stereocenters. The van der Waals surface area contributed by atoms with E-state index >= 15 is 0 Å². The fraction of sp³-hybridized carbons (Fsp3) is 0.800. The molecule has 0 bridgehead atoms. The first-order valence-electron chi connectivity index (χ1n) is 7.09. The van der Waals surface area contributed by atoms with Gasteiger partial charge in [-0.05, 0) is 19.3 Å². The van der Waals surface area contributed by atoms with Crippen molar-refractivity contribution in [2.75, 3.05) is 11.9 Å². The van der Waals surface area contributed by atoms with Crippen LogP contribution in [0, 0.1) is 5.92 Å². The van der Waals surface area contributed by atoms with Crippen LogP contribution in [-0.4, -0.2) is 18.1 Å². The molecule has 1 aromatic heterocycles. The Morgan fingerprint density at radius 2 is 1.84 bits per heavy atom. The van der Waals surface area contributed by atoms with E-state index < -0.39 is 0 Å². The standard InChI is InChI=1S/C15H29N3S/c1-10(2)8-11(3)18(7)14-17-13(15(4,5)6)12(9-16)19-14/h10-11H,8-9,16H2,1-7H3. The lowest BCUT2D eigenvalue weighted by molar-refractivity contribution is 0.502. The molecule has 0 fully saturated rings. The smallest absolute Gasteiger partial charge is 0.185 e. The maximum Gasteiger partial charge on any atom is 0.185 e. The molecule has 4 heteroatoms. The van der Waals surface area contributed by atoms with Crippen molar-refractivity contribution in [2.24, 2.45) is 11.7 Å². The molecule has 1 unspecified atom stereocenters. The van der Waals surface area contributed by atoms with Crippen molar-refractivity contribution in [2.45, 2.75) is 66.0 Å². The molecule has 0 aliphatic rings. The van der Waals surface area contributed by atoms with Crippen LogP contribution in [0.2, 0.25) is 0 Å². The normalized spacial score (nSPS) is 13.9. The first kappa shape index (κ1) is 16.4. The van der Waals surface area contributed by atoms with Crippen LogP contribution in [0.3, 0.4) is 0 Å². The number of rotatable bonds is 5. The second-order valence-electron chi connectivity index (χ2n) is 6.81. The van der Waals surface area contributed by atoms with E-state index in [1.165, 1.54) is 11.3 Å². The highest BCUT2D eigenvalue weighted by molar-refractivity contribution is 7.15. The number of hydrogen-bond donors (Lipinski definition) is 1. The number of aromatic nitrogens is 1. The molecule has 3 nitrogen and oxygen atoms in total. The summed E-state index contributed by atoms with van der Waals surface area (Å²) in [6.07, 6.45) is 1.18. The molecule has 0 aliphatic heterocycles. The van der Waals surface area contributed by atoms with Gasteiger partial charge in [0.2, 0.25) is 0 Å². The Kier molecular flexibility index (Phi) is 5.39. The van der Waals surface area contributed by atoms with Gasteiger partial charge in [-0.1, -0.05) is 34.6 Å². The highest BCUT2D eigenvalue weighted by atomic mass is 32.1. The predicted molar refractivity (Wildman–Crippen MR) is 86.0 cm³/mol. The molecule has 110 valence electrons. The molecule has 1 aromatic rings. The van der Waals surface area contributed by atoms with Crippen LogP contribution in [0.25, 0.3) is 0 Å². The van der Waals surface area contributed by atoms with Crippen LogP contribution < -0.4 is 10.6 Å². The van der Waals surface area contributed by atoms with Gasteiger partial charge in [-0.3, -0.25) is 0 Å². The Morgan fingerprint density at radius 1 is 1.26 bits per heavy atom. The quantitative estimate of drug-likeness (QED) is 0.894. The first-order valence-corrected chi connectivity index (χ1v) is 7.91. The molecule has 0 radical (unpaired) electrons. The largest absolute Gasteiger partial charge is 0.348 e. The maximum absolute atomic E-state index is 5.87. The van der Waals surface area contributed by atoms with Crippen molar-refractivity contribution in [3.05, 3.63) is 10.6 Å². The van der Waals surface area contributed by atoms with Crippen LogP contribution in [0.5, 0.6) is 0 Å². The predicted octanol–water partition coefficient (Wildman–Crippen LogP) is 3.77. The summed E-state index contributed by atoms with van der Waals surface area (Å²) >= 11 is 1.74. The van der Waals surface area contributed by atoms with Gasteiger partial charge in [-0.2, -0.15) is 0 Å². The van der Waals surface area contributed by atoms with E-state index in [1.54, 1.807) is 11.3 Å². The number of hydrogen-bond acceptors (Lipinski definition) is 4. The van der Waals surface area contributed by atoms with Gasteiger partial charge in [0.25, 0.3) is 0 Å². The Labute approximate surface area is 122 Å². The summed E-state index contributed by atoms with van der Waals surface area (Å²) < 4.78 is 0. The summed E-state index contributed by atoms with van der Waals surface area (Å²) in [6, 6.07) is 0.504. The molecule has 0 spiro atoms. The summed E-state index contributed by atoms with van der Waals surface area (Å²) in [6.45, 7) is 14.0. The third kappa shape index (κ3) is 4.18. The zero-order chi connectivity index (χ0) is 14.8. The van der Waals surface area contributed by atoms with E-state index in [4.69, 9.17) is 10.7 Å². The highest BCUT2D eigenvalue weighted by Gasteiger charge is 2.24. The summed E-state index contributed by atoms with van der Waals surface area (Å²) in [5.41, 5.74) is 7.08. The Balaban J connectivity index is 2.99. The average molecular weight is 283 g/mol. The van der Waals surface area contributed by atoms with E-state index in [9.17, 15) is 0 Å². The van der Waals surface area contributed by atoms with E-state index in [1.807, 2.05) is 0 Å². The average Bonchev–Trinajstić information content (AvgIpc) is 2.70. The van der Waals surface area contributed by atoms with Gasteiger partial charge in [0.15, 0.2) is 5.13 Å². The topological polar surface area (TPSA) is 42.2 Å². The number of nitrogens with zero attached hydrogens (tertiary/aromatic N) is 2. The number of thiazole rings is 1. The third-order valence-corrected chi connectivity index (χ3v) is 4.53. The van der Waals surface area contributed by atoms with Gasteiger partial charge in [-0.15, -0.1) is 11.3 Å². The van der Waals surface area contributed by atoms with E-state index in [0.29, 0.717) is 18.5 Å². The maximum atomic E-state index is 5.87. The summed E-state index contributed by atoms with van der Waals surface area (Å²) in [4.78, 5) is 8.35. The molecular formula is C15H29N3S. The minimum atomic E-state index is 0.0611. The Hall–Kier alpha value is -0.610. The molecule has 1 rings (SSSR count). The molecule has 0 aromatic carbocycles. The van der Waals surface area contributed by atoms with Gasteiger partial charge in [0.05, 0.1) is 5.69 Å². The summed E-state index contributed by atoms with van der Waals surface area (Å²) in [5, 5.41) is 1.10. The van der Waals surface area contributed by atoms with Crippen molar-refractivity contribution >= 4 is 16.5 Å². The fourth-order valence-electron chi connectivity index (χ4n) is 2.24. The molecule has 1 heterocycles. The number of nitrogens with two attached hydrogens (primary N) is 1. The van der Waals surface area contributed by atoms with Crippen LogP contribution in [0.1, 0.15) is 58.5 Å². The zero-order valence-corrected chi connectivity index (χ0v) is 14.3. The number of anilines is 1. The summed E-state index contributed by atoms with van der Waals surface area (Å²) in [7, 11) is 2.14. The van der Waals surface area contributed by atoms with Crippen LogP contribution in [-0.2, 0) is 12.0 Å². The molecule has 0 saturated carbocycles. The van der Waals surface area contributed by atoms with E-state index in [2.05, 4.69) is 53.5 Å². The monoisotopic (exact) mass is 283 g/mol. The van der Waals surface area contributed by atoms with Gasteiger partial charge in [0, 0.05) is 29.9 Å². The molecular weight excluding hydrogens is 254 g/mol. The lowest BCUT2D eigenvalue weighted by Gasteiger charge is -2.26. The highest BCUT2D eigenvalue weighted by Crippen LogP contribution is 2.34. The second-order valence-corrected chi connectivity index (χ2v) is 7.87. The first-order chi connectivity index (χ1) is 8.66. The Morgan fingerprint density at radius 3 is 2.21 bits per heavy atom. The van der Waals surface area contributed by atoms with Crippen molar-refractivity contribution in [3.63, 3.8) is 0 Å². The zero-order valence-electron chi connectivity index (χ0n) is 13.4. The minimum absolute atomic E-state index is 0.0611. The van der Waals surface area contributed by atoms with Gasteiger partial charge in [0.1, 0.15) is 0 Å². The van der Waals surface area contributed by atoms with E-state index in [0.717, 1.165) is 10.8 Å². The SMILES string of the molecule is CC(C)CC(C)N(C)c1nc(C(C)(C)C)c(CN)s1. The van der Waals surface area contributed by atoms with Crippen molar-refractivity contribution < 1.29 is 0 Å². The lowest BCUT2D eigenvalue weighted by Crippen LogP contribution is -2.30. The van der Waals surface area contributed by atoms with E-state index in [-0.39, 0.29) is 5.41 Å². The summed E-state index contributed by atoms with van der Waals surface area (Å²) in [5.74, 6) is 0.702. The Bertz CT molecular complexity index is 404. The molecule has 0 aliphatic carbocycles. The van der Waals surface area contributed by atoms with Crippen LogP contribution in [0.4, 0.5) is 5.13 Å². The van der Waals surface area contributed by atoms with Crippen LogP contribution in [0.15, 0.2) is 0 Å². The third-order valence-electron chi connectivity index (χ3n) is 3.36. The van der Waals surface area contributed by atoms with Crippen LogP contribution >= 0.6 is 11.3 Å². The van der Waals surface area contributed by atoms with Gasteiger partial charge in [-0.25, -0.2) is 4.98 Å². The van der Waals surface area contributed by atoms with Gasteiger partial charge < -0.3 is 10.6 Å². The molecule has 0 amide bonds. The van der Waals surface area contributed by atoms with Crippen molar-refractivity contribution in [1.82, 2.24) is 4.98 Å². The lowest BCUT2D eigenvalue weighted by atomic mass is 9.91. The van der Waals surface area contributed by atoms with Crippen molar-refractivity contribution in [3.8, 4) is 0 Å². The van der Waals surface area contributed by atoms with Crippen molar-refractivity contribution in [1.29, 1.82) is 0 Å².